The van der Waals surface area contributed by atoms with Gasteiger partial charge in [0.2, 0.25) is 0 Å². The average Bonchev–Trinajstić information content (AvgIpc) is 3.20. The highest BCUT2D eigenvalue weighted by Gasteiger charge is 2.27. The number of fused-ring (bicyclic) bond motifs is 1. The first kappa shape index (κ1) is 19.4. The topological polar surface area (TPSA) is 63.2 Å². The van der Waals surface area contributed by atoms with Gasteiger partial charge < -0.3 is 4.74 Å². The first-order valence-electron chi connectivity index (χ1n) is 10.4. The fourth-order valence-electron chi connectivity index (χ4n) is 4.66. The lowest BCUT2D eigenvalue weighted by Crippen LogP contribution is -2.16. The minimum absolute atomic E-state index is 0.436. The number of imidazole rings is 1. The molecule has 3 aromatic rings. The Labute approximate surface area is 172 Å². The molecule has 29 heavy (non-hydrogen) atoms. The van der Waals surface area contributed by atoms with Crippen LogP contribution in [0.5, 0.6) is 6.01 Å². The standard InChI is InChI=1S/C24H28N4O/c1-24(2)12-4-6-18(7-5-13-24)21-20-15-26-16-28(20)23(29-3)27-22(21)19-10-8-17(14-25)9-11-19/h8-11,15-16,18H,4-7,12-13H2,1-3H3. The number of rotatable bonds is 3. The molecular formula is C24H28N4O. The van der Waals surface area contributed by atoms with Crippen LogP contribution in [0, 0.1) is 16.7 Å². The molecule has 150 valence electrons. The van der Waals surface area contributed by atoms with E-state index < -0.39 is 0 Å². The number of aromatic nitrogens is 3. The van der Waals surface area contributed by atoms with Gasteiger partial charge in [-0.15, -0.1) is 0 Å². The van der Waals surface area contributed by atoms with Crippen LogP contribution in [0.3, 0.4) is 0 Å². The summed E-state index contributed by atoms with van der Waals surface area (Å²) in [7, 11) is 1.64. The highest BCUT2D eigenvalue weighted by Crippen LogP contribution is 2.42. The third-order valence-corrected chi connectivity index (χ3v) is 6.27. The minimum Gasteiger partial charge on any atom is -0.468 e. The van der Waals surface area contributed by atoms with Gasteiger partial charge in [0.05, 0.1) is 36.1 Å². The second-order valence-corrected chi connectivity index (χ2v) is 8.84. The molecule has 4 rings (SSSR count). The Kier molecular flexibility index (Phi) is 5.27. The van der Waals surface area contributed by atoms with Crippen LogP contribution in [0.1, 0.15) is 69.4 Å². The fourth-order valence-corrected chi connectivity index (χ4v) is 4.66. The van der Waals surface area contributed by atoms with Gasteiger partial charge in [-0.3, -0.25) is 4.40 Å². The Morgan fingerprint density at radius 1 is 1.14 bits per heavy atom. The normalized spacial score (nSPS) is 17.4. The molecule has 0 unspecified atom stereocenters. The predicted octanol–water partition coefficient (Wildman–Crippen LogP) is 5.74. The van der Waals surface area contributed by atoms with E-state index in [1.165, 1.54) is 31.2 Å². The molecule has 0 N–H and O–H groups in total. The van der Waals surface area contributed by atoms with Crippen molar-refractivity contribution in [3.05, 3.63) is 47.9 Å². The van der Waals surface area contributed by atoms with Crippen molar-refractivity contribution in [1.82, 2.24) is 14.4 Å². The zero-order valence-corrected chi connectivity index (χ0v) is 17.5. The molecule has 1 aliphatic rings. The summed E-state index contributed by atoms with van der Waals surface area (Å²) in [6.45, 7) is 4.78. The van der Waals surface area contributed by atoms with Gasteiger partial charge in [0, 0.05) is 11.1 Å². The Morgan fingerprint density at radius 3 is 2.45 bits per heavy atom. The van der Waals surface area contributed by atoms with Crippen molar-refractivity contribution in [2.24, 2.45) is 5.41 Å². The smallest absolute Gasteiger partial charge is 0.302 e. The number of nitriles is 1. The van der Waals surface area contributed by atoms with Crippen LogP contribution in [0.15, 0.2) is 36.8 Å². The lowest BCUT2D eigenvalue weighted by molar-refractivity contribution is 0.256. The lowest BCUT2D eigenvalue weighted by Gasteiger charge is -2.31. The van der Waals surface area contributed by atoms with Gasteiger partial charge in [-0.1, -0.05) is 38.8 Å². The van der Waals surface area contributed by atoms with Crippen LogP contribution >= 0.6 is 0 Å². The molecule has 0 atom stereocenters. The second kappa shape index (κ2) is 7.87. The molecule has 0 radical (unpaired) electrons. The predicted molar refractivity (Wildman–Crippen MR) is 114 cm³/mol. The van der Waals surface area contributed by atoms with E-state index in [2.05, 4.69) is 24.9 Å². The first-order valence-corrected chi connectivity index (χ1v) is 10.4. The highest BCUT2D eigenvalue weighted by atomic mass is 16.5. The molecular weight excluding hydrogens is 360 g/mol. The molecule has 1 saturated carbocycles. The lowest BCUT2D eigenvalue weighted by atomic mass is 9.75. The number of nitrogens with zero attached hydrogens (tertiary/aromatic N) is 4. The Hall–Kier alpha value is -2.87. The first-order chi connectivity index (χ1) is 14.0. The summed E-state index contributed by atoms with van der Waals surface area (Å²) in [5.41, 5.74) is 5.38. The fraction of sp³-hybridized carbons (Fsp3) is 0.458. The summed E-state index contributed by atoms with van der Waals surface area (Å²) >= 11 is 0. The molecule has 0 amide bonds. The molecule has 1 aliphatic carbocycles. The van der Waals surface area contributed by atoms with Gasteiger partial charge in [0.1, 0.15) is 6.33 Å². The number of hydrogen-bond donors (Lipinski definition) is 0. The number of benzene rings is 1. The van der Waals surface area contributed by atoms with Crippen molar-refractivity contribution in [2.75, 3.05) is 7.11 Å². The maximum Gasteiger partial charge on any atom is 0.302 e. The quantitative estimate of drug-likeness (QED) is 0.574. The zero-order chi connectivity index (χ0) is 20.4. The van der Waals surface area contributed by atoms with Gasteiger partial charge in [-0.2, -0.15) is 10.2 Å². The van der Waals surface area contributed by atoms with Crippen LogP contribution < -0.4 is 4.74 Å². The van der Waals surface area contributed by atoms with Crippen LogP contribution in [0.4, 0.5) is 0 Å². The molecule has 0 spiro atoms. The third kappa shape index (κ3) is 3.85. The van der Waals surface area contributed by atoms with E-state index >= 15 is 0 Å². The zero-order valence-electron chi connectivity index (χ0n) is 17.5. The SMILES string of the molecule is COc1nc(-c2ccc(C#N)cc2)c(C2CCCC(C)(C)CCC2)c2cncn12. The van der Waals surface area contributed by atoms with Crippen molar-refractivity contribution >= 4 is 5.52 Å². The van der Waals surface area contributed by atoms with Gasteiger partial charge >= 0.3 is 6.01 Å². The summed E-state index contributed by atoms with van der Waals surface area (Å²) in [5.74, 6) is 0.439. The molecule has 5 heteroatoms. The average molecular weight is 389 g/mol. The summed E-state index contributed by atoms with van der Waals surface area (Å²) < 4.78 is 7.52. The number of hydrogen-bond acceptors (Lipinski definition) is 4. The van der Waals surface area contributed by atoms with Crippen LogP contribution in [0.25, 0.3) is 16.8 Å². The Morgan fingerprint density at radius 2 is 1.83 bits per heavy atom. The molecule has 1 fully saturated rings. The van der Waals surface area contributed by atoms with Gasteiger partial charge in [0.25, 0.3) is 0 Å². The van der Waals surface area contributed by atoms with Gasteiger partial charge in [0.15, 0.2) is 0 Å². The van der Waals surface area contributed by atoms with Gasteiger partial charge in [-0.05, 0) is 49.1 Å². The molecule has 2 heterocycles. The van der Waals surface area contributed by atoms with Crippen LogP contribution in [0.2, 0.25) is 0 Å². The molecule has 2 aromatic heterocycles. The van der Waals surface area contributed by atoms with Crippen LogP contribution in [-0.2, 0) is 0 Å². The largest absolute Gasteiger partial charge is 0.468 e. The Balaban J connectivity index is 1.84. The molecule has 0 saturated heterocycles. The third-order valence-electron chi connectivity index (χ3n) is 6.27. The monoisotopic (exact) mass is 388 g/mol. The maximum absolute atomic E-state index is 9.16. The summed E-state index contributed by atoms with van der Waals surface area (Å²) in [6.07, 6.45) is 11.0. The van der Waals surface area contributed by atoms with Crippen molar-refractivity contribution in [2.45, 2.75) is 58.3 Å². The van der Waals surface area contributed by atoms with E-state index in [-0.39, 0.29) is 0 Å². The van der Waals surface area contributed by atoms with Crippen molar-refractivity contribution in [3.63, 3.8) is 0 Å². The van der Waals surface area contributed by atoms with E-state index in [0.29, 0.717) is 22.9 Å². The van der Waals surface area contributed by atoms with E-state index in [1.54, 1.807) is 13.4 Å². The summed E-state index contributed by atoms with van der Waals surface area (Å²) in [6, 6.07) is 10.4. The maximum atomic E-state index is 9.16. The number of methoxy groups -OCH3 is 1. The molecule has 1 aromatic carbocycles. The van der Waals surface area contributed by atoms with Crippen molar-refractivity contribution in [1.29, 1.82) is 5.26 Å². The summed E-state index contributed by atoms with van der Waals surface area (Å²) in [4.78, 5) is 9.29. The molecule has 0 bridgehead atoms. The Bertz CT molecular complexity index is 1030. The van der Waals surface area contributed by atoms with Crippen LogP contribution in [-0.4, -0.2) is 21.5 Å². The van der Waals surface area contributed by atoms with Gasteiger partial charge in [-0.25, -0.2) is 4.98 Å². The molecule has 0 aliphatic heterocycles. The van der Waals surface area contributed by atoms with E-state index in [9.17, 15) is 0 Å². The van der Waals surface area contributed by atoms with Crippen molar-refractivity contribution < 1.29 is 4.74 Å². The number of ether oxygens (including phenoxy) is 1. The van der Waals surface area contributed by atoms with E-state index in [0.717, 1.165) is 29.6 Å². The van der Waals surface area contributed by atoms with E-state index in [4.69, 9.17) is 15.0 Å². The second-order valence-electron chi connectivity index (χ2n) is 8.84. The minimum atomic E-state index is 0.436. The molecule has 5 nitrogen and oxygen atoms in total. The summed E-state index contributed by atoms with van der Waals surface area (Å²) in [5, 5.41) is 9.16. The van der Waals surface area contributed by atoms with Crippen molar-refractivity contribution in [3.8, 4) is 23.3 Å². The highest BCUT2D eigenvalue weighted by molar-refractivity contribution is 5.74. The van der Waals surface area contributed by atoms with E-state index in [1.807, 2.05) is 34.9 Å².